The Morgan fingerprint density at radius 2 is 1.80 bits per heavy atom. The molecule has 7 heteroatoms. The Morgan fingerprint density at radius 1 is 1.04 bits per heavy atom. The van der Waals surface area contributed by atoms with Gasteiger partial charge in [0, 0.05) is 50.4 Å². The molecule has 0 spiro atoms. The van der Waals surface area contributed by atoms with Gasteiger partial charge in [0.1, 0.15) is 11.0 Å². The summed E-state index contributed by atoms with van der Waals surface area (Å²) in [4.78, 5) is 8.95. The molecule has 3 aromatic rings. The van der Waals surface area contributed by atoms with E-state index < -0.39 is 0 Å². The van der Waals surface area contributed by atoms with Crippen molar-refractivity contribution in [2.24, 2.45) is 0 Å². The first kappa shape index (κ1) is 16.3. The van der Waals surface area contributed by atoms with E-state index in [1.807, 2.05) is 47.0 Å². The van der Waals surface area contributed by atoms with Crippen molar-refractivity contribution in [3.8, 4) is 11.3 Å². The van der Waals surface area contributed by atoms with Crippen molar-refractivity contribution in [3.05, 3.63) is 47.6 Å². The SMILES string of the molecule is OCCN1CCN(c2cc(Cl)nc3cc(-c4ccccc4)nn23)CC1. The maximum atomic E-state index is 9.10. The van der Waals surface area contributed by atoms with Gasteiger partial charge in [0.05, 0.1) is 12.3 Å². The van der Waals surface area contributed by atoms with Gasteiger partial charge in [-0.15, -0.1) is 0 Å². The highest BCUT2D eigenvalue weighted by atomic mass is 35.5. The normalized spacial score (nSPS) is 15.8. The van der Waals surface area contributed by atoms with E-state index in [1.165, 1.54) is 0 Å². The van der Waals surface area contributed by atoms with Crippen molar-refractivity contribution in [2.75, 3.05) is 44.2 Å². The van der Waals surface area contributed by atoms with E-state index in [9.17, 15) is 0 Å². The van der Waals surface area contributed by atoms with E-state index in [1.54, 1.807) is 0 Å². The summed E-state index contributed by atoms with van der Waals surface area (Å²) in [6.07, 6.45) is 0. The molecule has 1 N–H and O–H groups in total. The van der Waals surface area contributed by atoms with Crippen LogP contribution < -0.4 is 4.90 Å². The van der Waals surface area contributed by atoms with Crippen LogP contribution in [-0.2, 0) is 0 Å². The number of fused-ring (bicyclic) bond motifs is 1. The van der Waals surface area contributed by atoms with Gasteiger partial charge in [0.25, 0.3) is 0 Å². The zero-order valence-corrected chi connectivity index (χ0v) is 14.6. The Hall–Kier alpha value is -2.15. The van der Waals surface area contributed by atoms with Crippen LogP contribution in [0.1, 0.15) is 0 Å². The highest BCUT2D eigenvalue weighted by molar-refractivity contribution is 6.29. The van der Waals surface area contributed by atoms with Crippen molar-refractivity contribution in [3.63, 3.8) is 0 Å². The van der Waals surface area contributed by atoms with Crippen LogP contribution in [0.2, 0.25) is 5.15 Å². The van der Waals surface area contributed by atoms with Crippen molar-refractivity contribution in [2.45, 2.75) is 0 Å². The molecule has 4 rings (SSSR count). The second kappa shape index (κ2) is 7.00. The quantitative estimate of drug-likeness (QED) is 0.725. The van der Waals surface area contributed by atoms with Crippen molar-refractivity contribution < 1.29 is 5.11 Å². The lowest BCUT2D eigenvalue weighted by Crippen LogP contribution is -2.47. The third-order valence-electron chi connectivity index (χ3n) is 4.56. The molecule has 2 aromatic heterocycles. The van der Waals surface area contributed by atoms with Gasteiger partial charge in [-0.3, -0.25) is 4.90 Å². The minimum atomic E-state index is 0.199. The lowest BCUT2D eigenvalue weighted by molar-refractivity contribution is 0.188. The predicted molar refractivity (Wildman–Crippen MR) is 99.2 cm³/mol. The van der Waals surface area contributed by atoms with Gasteiger partial charge in [-0.1, -0.05) is 41.9 Å². The van der Waals surface area contributed by atoms with Gasteiger partial charge in [-0.2, -0.15) is 9.61 Å². The van der Waals surface area contributed by atoms with E-state index in [2.05, 4.69) is 14.8 Å². The molecule has 1 fully saturated rings. The Balaban J connectivity index is 1.68. The number of benzene rings is 1. The van der Waals surface area contributed by atoms with E-state index in [-0.39, 0.29) is 6.61 Å². The summed E-state index contributed by atoms with van der Waals surface area (Å²) in [5, 5.41) is 14.3. The van der Waals surface area contributed by atoms with Gasteiger partial charge < -0.3 is 10.0 Å². The summed E-state index contributed by atoms with van der Waals surface area (Å²) in [5.74, 6) is 0.959. The zero-order valence-electron chi connectivity index (χ0n) is 13.8. The summed E-state index contributed by atoms with van der Waals surface area (Å²) < 4.78 is 1.87. The summed E-state index contributed by atoms with van der Waals surface area (Å²) in [7, 11) is 0. The second-order valence-corrected chi connectivity index (χ2v) is 6.54. The molecule has 1 aliphatic heterocycles. The van der Waals surface area contributed by atoms with Crippen LogP contribution in [0.15, 0.2) is 42.5 Å². The molecule has 3 heterocycles. The molecular formula is C18H20ClN5O. The minimum absolute atomic E-state index is 0.199. The van der Waals surface area contributed by atoms with Crippen molar-refractivity contribution in [1.82, 2.24) is 19.5 Å². The highest BCUT2D eigenvalue weighted by Gasteiger charge is 2.20. The van der Waals surface area contributed by atoms with Gasteiger partial charge >= 0.3 is 0 Å². The monoisotopic (exact) mass is 357 g/mol. The number of β-amino-alcohol motifs (C(OH)–C–C–N with tert-alkyl or cyclic N) is 1. The molecule has 1 saturated heterocycles. The maximum Gasteiger partial charge on any atom is 0.159 e. The molecule has 0 aliphatic carbocycles. The second-order valence-electron chi connectivity index (χ2n) is 6.15. The van der Waals surface area contributed by atoms with Gasteiger partial charge in [-0.25, -0.2) is 4.98 Å². The predicted octanol–water partition coefficient (Wildman–Crippen LogP) is 2.16. The van der Waals surface area contributed by atoms with Gasteiger partial charge in [0.15, 0.2) is 5.65 Å². The fourth-order valence-electron chi connectivity index (χ4n) is 3.25. The zero-order chi connectivity index (χ0) is 17.2. The van der Waals surface area contributed by atoms with Crippen LogP contribution in [0.25, 0.3) is 16.9 Å². The molecular weight excluding hydrogens is 338 g/mol. The number of aliphatic hydroxyl groups excluding tert-OH is 1. The third kappa shape index (κ3) is 3.33. The first-order valence-corrected chi connectivity index (χ1v) is 8.82. The van der Waals surface area contributed by atoms with Crippen LogP contribution in [0.3, 0.4) is 0 Å². The van der Waals surface area contributed by atoms with Crippen molar-refractivity contribution in [1.29, 1.82) is 0 Å². The first-order valence-electron chi connectivity index (χ1n) is 8.44. The largest absolute Gasteiger partial charge is 0.395 e. The van der Waals surface area contributed by atoms with Crippen LogP contribution in [0, 0.1) is 0 Å². The average Bonchev–Trinajstić information content (AvgIpc) is 3.07. The summed E-state index contributed by atoms with van der Waals surface area (Å²) in [6, 6.07) is 13.9. The summed E-state index contributed by atoms with van der Waals surface area (Å²) in [6.45, 7) is 4.49. The van der Waals surface area contributed by atoms with Crippen molar-refractivity contribution >= 4 is 23.1 Å². The lowest BCUT2D eigenvalue weighted by Gasteiger charge is -2.35. The van der Waals surface area contributed by atoms with Crippen LogP contribution >= 0.6 is 11.6 Å². The van der Waals surface area contributed by atoms with Gasteiger partial charge in [-0.05, 0) is 0 Å². The fourth-order valence-corrected chi connectivity index (χ4v) is 3.43. The number of anilines is 1. The Kier molecular flexibility index (Phi) is 4.57. The number of rotatable bonds is 4. The molecule has 0 amide bonds. The standard InChI is InChI=1S/C18H20ClN5O/c19-16-13-18(23-8-6-22(7-9-23)10-11-25)24-17(20-16)12-15(21-24)14-4-2-1-3-5-14/h1-5,12-13,25H,6-11H2. The minimum Gasteiger partial charge on any atom is -0.395 e. The number of hydrogen-bond acceptors (Lipinski definition) is 5. The number of halogens is 1. The molecule has 0 saturated carbocycles. The molecule has 1 aliphatic rings. The topological polar surface area (TPSA) is 56.9 Å². The molecule has 0 atom stereocenters. The molecule has 25 heavy (non-hydrogen) atoms. The molecule has 0 unspecified atom stereocenters. The van der Waals surface area contributed by atoms with Crippen LogP contribution in [0.5, 0.6) is 0 Å². The average molecular weight is 358 g/mol. The number of hydrogen-bond donors (Lipinski definition) is 1. The summed E-state index contributed by atoms with van der Waals surface area (Å²) >= 11 is 6.25. The third-order valence-corrected chi connectivity index (χ3v) is 4.75. The number of aromatic nitrogens is 3. The first-order chi connectivity index (χ1) is 12.2. The van der Waals surface area contributed by atoms with E-state index in [4.69, 9.17) is 21.8 Å². The van der Waals surface area contributed by atoms with Gasteiger partial charge in [0.2, 0.25) is 0 Å². The Labute approximate surface area is 151 Å². The summed E-state index contributed by atoms with van der Waals surface area (Å²) in [5.41, 5.74) is 2.69. The molecule has 130 valence electrons. The fraction of sp³-hybridized carbons (Fsp3) is 0.333. The van der Waals surface area contributed by atoms with E-state index >= 15 is 0 Å². The number of piperazine rings is 1. The van der Waals surface area contributed by atoms with E-state index in [0.717, 1.165) is 55.4 Å². The maximum absolute atomic E-state index is 9.10. The lowest BCUT2D eigenvalue weighted by atomic mass is 10.2. The number of aliphatic hydroxyl groups is 1. The van der Waals surface area contributed by atoms with Crippen LogP contribution in [-0.4, -0.2) is 63.9 Å². The highest BCUT2D eigenvalue weighted by Crippen LogP contribution is 2.25. The Morgan fingerprint density at radius 3 is 2.52 bits per heavy atom. The smallest absolute Gasteiger partial charge is 0.159 e. The molecule has 0 bridgehead atoms. The number of nitrogens with zero attached hydrogens (tertiary/aromatic N) is 5. The molecule has 6 nitrogen and oxygen atoms in total. The molecule has 0 radical (unpaired) electrons. The van der Waals surface area contributed by atoms with E-state index in [0.29, 0.717) is 5.15 Å². The Bertz CT molecular complexity index is 859. The van der Waals surface area contributed by atoms with Crippen LogP contribution in [0.4, 0.5) is 5.82 Å². The molecule has 1 aromatic carbocycles.